The van der Waals surface area contributed by atoms with Crippen LogP contribution in [-0.2, 0) is 22.6 Å². The van der Waals surface area contributed by atoms with Gasteiger partial charge in [-0.25, -0.2) is 4.39 Å². The predicted octanol–water partition coefficient (Wildman–Crippen LogP) is 4.60. The van der Waals surface area contributed by atoms with Gasteiger partial charge in [0.25, 0.3) is 0 Å². The number of thioether (sulfide) groups is 1. The van der Waals surface area contributed by atoms with E-state index in [2.05, 4.69) is 20.8 Å². The van der Waals surface area contributed by atoms with E-state index < -0.39 is 0 Å². The van der Waals surface area contributed by atoms with E-state index in [1.807, 2.05) is 4.57 Å². The van der Waals surface area contributed by atoms with Crippen molar-refractivity contribution < 1.29 is 18.7 Å². The second kappa shape index (κ2) is 11.5. The molecule has 8 nitrogen and oxygen atoms in total. The summed E-state index contributed by atoms with van der Waals surface area (Å²) in [4.78, 5) is 12.6. The van der Waals surface area contributed by atoms with E-state index >= 15 is 0 Å². The largest absolute Gasteiger partial charge is 0.495 e. The van der Waals surface area contributed by atoms with Gasteiger partial charge >= 0.3 is 0 Å². The molecule has 1 atom stereocenters. The molecule has 2 aromatic carbocycles. The van der Waals surface area contributed by atoms with Crippen LogP contribution in [0.2, 0.25) is 5.02 Å². The highest BCUT2D eigenvalue weighted by molar-refractivity contribution is 7.99. The van der Waals surface area contributed by atoms with Gasteiger partial charge in [-0.15, -0.1) is 10.2 Å². The number of hydrogen-bond acceptors (Lipinski definition) is 7. The Morgan fingerprint density at radius 1 is 1.29 bits per heavy atom. The van der Waals surface area contributed by atoms with Gasteiger partial charge in [-0.1, -0.05) is 23.4 Å². The van der Waals surface area contributed by atoms with Gasteiger partial charge in [-0.05, 0) is 55.3 Å². The first kappa shape index (κ1) is 24.3. The quantitative estimate of drug-likeness (QED) is 0.389. The Kier molecular flexibility index (Phi) is 8.25. The SMILES string of the molecule is COc1ccc(Cl)cc1NC(=O)CSc1nnc(CNc2ccc(F)cc2)n1C[C@@H]1CCCO1. The maximum atomic E-state index is 13.2. The van der Waals surface area contributed by atoms with Crippen LogP contribution >= 0.6 is 23.4 Å². The number of benzene rings is 2. The second-order valence-electron chi connectivity index (χ2n) is 7.69. The fourth-order valence-electron chi connectivity index (χ4n) is 3.57. The fourth-order valence-corrected chi connectivity index (χ4v) is 4.51. The van der Waals surface area contributed by atoms with Crippen LogP contribution in [0.25, 0.3) is 0 Å². The fraction of sp³-hybridized carbons (Fsp3) is 0.348. The van der Waals surface area contributed by atoms with Gasteiger partial charge in [0.05, 0.1) is 37.7 Å². The van der Waals surface area contributed by atoms with Crippen molar-refractivity contribution in [3.8, 4) is 5.75 Å². The minimum atomic E-state index is -0.292. The molecule has 2 heterocycles. The molecule has 0 bridgehead atoms. The third-order valence-electron chi connectivity index (χ3n) is 5.27. The molecule has 11 heteroatoms. The molecular formula is C23H25ClFN5O3S. The molecule has 0 unspecified atom stereocenters. The summed E-state index contributed by atoms with van der Waals surface area (Å²) in [7, 11) is 1.53. The number of methoxy groups -OCH3 is 1. The smallest absolute Gasteiger partial charge is 0.234 e. The maximum absolute atomic E-state index is 13.2. The molecule has 1 aliphatic heterocycles. The van der Waals surface area contributed by atoms with Gasteiger partial charge in [0.2, 0.25) is 5.91 Å². The molecule has 1 saturated heterocycles. The number of amides is 1. The van der Waals surface area contributed by atoms with E-state index in [0.717, 1.165) is 25.1 Å². The normalized spacial score (nSPS) is 15.3. The van der Waals surface area contributed by atoms with Crippen LogP contribution in [0.5, 0.6) is 5.75 Å². The molecule has 34 heavy (non-hydrogen) atoms. The van der Waals surface area contributed by atoms with Crippen molar-refractivity contribution in [2.45, 2.75) is 37.2 Å². The van der Waals surface area contributed by atoms with Crippen molar-refractivity contribution in [2.75, 3.05) is 30.1 Å². The molecule has 1 aliphatic rings. The van der Waals surface area contributed by atoms with E-state index in [1.54, 1.807) is 30.3 Å². The first-order valence-electron chi connectivity index (χ1n) is 10.8. The number of carbonyl (C=O) groups is 1. The summed E-state index contributed by atoms with van der Waals surface area (Å²) in [6, 6.07) is 11.2. The number of nitrogens with one attached hydrogen (secondary N) is 2. The first-order valence-corrected chi connectivity index (χ1v) is 12.2. The van der Waals surface area contributed by atoms with Crippen molar-refractivity contribution in [3.05, 3.63) is 59.1 Å². The zero-order valence-corrected chi connectivity index (χ0v) is 20.2. The van der Waals surface area contributed by atoms with Gasteiger partial charge in [-0.2, -0.15) is 0 Å². The van der Waals surface area contributed by atoms with Crippen molar-refractivity contribution in [1.82, 2.24) is 14.8 Å². The summed E-state index contributed by atoms with van der Waals surface area (Å²) >= 11 is 7.34. The van der Waals surface area contributed by atoms with Crippen molar-refractivity contribution >= 4 is 40.6 Å². The molecule has 1 fully saturated rings. The Morgan fingerprint density at radius 2 is 2.12 bits per heavy atom. The van der Waals surface area contributed by atoms with E-state index in [0.29, 0.717) is 40.5 Å². The Morgan fingerprint density at radius 3 is 2.85 bits per heavy atom. The van der Waals surface area contributed by atoms with Crippen LogP contribution in [0.3, 0.4) is 0 Å². The number of anilines is 2. The van der Waals surface area contributed by atoms with E-state index in [4.69, 9.17) is 21.1 Å². The molecular weight excluding hydrogens is 481 g/mol. The Balaban J connectivity index is 1.43. The highest BCUT2D eigenvalue weighted by Gasteiger charge is 2.21. The van der Waals surface area contributed by atoms with Crippen LogP contribution in [0.4, 0.5) is 15.8 Å². The number of ether oxygens (including phenoxy) is 2. The molecule has 4 rings (SSSR count). The Labute approximate surface area is 206 Å². The van der Waals surface area contributed by atoms with Crippen LogP contribution in [0.1, 0.15) is 18.7 Å². The molecule has 2 N–H and O–H groups in total. The van der Waals surface area contributed by atoms with Crippen LogP contribution < -0.4 is 15.4 Å². The summed E-state index contributed by atoms with van der Waals surface area (Å²) in [6.45, 7) is 1.74. The molecule has 0 saturated carbocycles. The van der Waals surface area contributed by atoms with Gasteiger partial charge < -0.3 is 24.7 Å². The number of aromatic nitrogens is 3. The van der Waals surface area contributed by atoms with E-state index in [1.165, 1.54) is 31.0 Å². The van der Waals surface area contributed by atoms with Crippen LogP contribution in [0.15, 0.2) is 47.6 Å². The maximum Gasteiger partial charge on any atom is 0.234 e. The third-order valence-corrected chi connectivity index (χ3v) is 6.47. The predicted molar refractivity (Wildman–Crippen MR) is 130 cm³/mol. The van der Waals surface area contributed by atoms with Crippen LogP contribution in [0, 0.1) is 5.82 Å². The Hall–Kier alpha value is -2.82. The number of hydrogen-bond donors (Lipinski definition) is 2. The topological polar surface area (TPSA) is 90.3 Å². The lowest BCUT2D eigenvalue weighted by molar-refractivity contribution is -0.113. The van der Waals surface area contributed by atoms with E-state index in [-0.39, 0.29) is 23.6 Å². The average Bonchev–Trinajstić information content (AvgIpc) is 3.48. The van der Waals surface area contributed by atoms with Crippen LogP contribution in [-0.4, -0.2) is 46.2 Å². The molecule has 180 valence electrons. The zero-order valence-electron chi connectivity index (χ0n) is 18.6. The lowest BCUT2D eigenvalue weighted by Crippen LogP contribution is -2.20. The summed E-state index contributed by atoms with van der Waals surface area (Å²) < 4.78 is 26.2. The lowest BCUT2D eigenvalue weighted by atomic mass is 10.2. The zero-order chi connectivity index (χ0) is 23.9. The van der Waals surface area contributed by atoms with Gasteiger partial charge in [0.15, 0.2) is 11.0 Å². The standard InChI is InChI=1S/C23H25ClFN5O3S/c1-32-20-9-4-15(24)11-19(20)27-22(31)14-34-23-29-28-21(30(23)13-18-3-2-10-33-18)12-26-17-7-5-16(25)6-8-17/h4-9,11,18,26H,2-3,10,12-14H2,1H3,(H,27,31)/t18-/m0/s1. The summed E-state index contributed by atoms with van der Waals surface area (Å²) in [5, 5.41) is 15.8. The number of nitrogens with zero attached hydrogens (tertiary/aromatic N) is 3. The molecule has 3 aromatic rings. The highest BCUT2D eigenvalue weighted by Crippen LogP contribution is 2.28. The molecule has 1 amide bonds. The molecule has 1 aromatic heterocycles. The van der Waals surface area contributed by atoms with Crippen molar-refractivity contribution in [2.24, 2.45) is 0 Å². The van der Waals surface area contributed by atoms with Crippen molar-refractivity contribution in [1.29, 1.82) is 0 Å². The first-order chi connectivity index (χ1) is 16.5. The molecule has 0 aliphatic carbocycles. The van der Waals surface area contributed by atoms with Crippen molar-refractivity contribution in [3.63, 3.8) is 0 Å². The summed E-state index contributed by atoms with van der Waals surface area (Å²) in [6.07, 6.45) is 2.05. The number of carbonyl (C=O) groups excluding carboxylic acids is 1. The third kappa shape index (κ3) is 6.40. The van der Waals surface area contributed by atoms with Gasteiger partial charge in [-0.3, -0.25) is 4.79 Å². The van der Waals surface area contributed by atoms with Gasteiger partial charge in [0.1, 0.15) is 11.6 Å². The minimum Gasteiger partial charge on any atom is -0.495 e. The highest BCUT2D eigenvalue weighted by atomic mass is 35.5. The molecule has 0 spiro atoms. The average molecular weight is 506 g/mol. The second-order valence-corrected chi connectivity index (χ2v) is 9.07. The minimum absolute atomic E-state index is 0.0736. The monoisotopic (exact) mass is 505 g/mol. The number of halogens is 2. The molecule has 0 radical (unpaired) electrons. The summed E-state index contributed by atoms with van der Waals surface area (Å²) in [5.41, 5.74) is 1.28. The van der Waals surface area contributed by atoms with Gasteiger partial charge in [0, 0.05) is 17.3 Å². The lowest BCUT2D eigenvalue weighted by Gasteiger charge is -2.15. The summed E-state index contributed by atoms with van der Waals surface area (Å²) in [5.74, 6) is 0.852. The Bertz CT molecular complexity index is 1120. The van der Waals surface area contributed by atoms with E-state index in [9.17, 15) is 9.18 Å². The number of rotatable bonds is 10.